The van der Waals surface area contributed by atoms with E-state index in [1.165, 1.54) is 23.9 Å². The lowest BCUT2D eigenvalue weighted by Crippen LogP contribution is -2.33. The molecule has 15 nitrogen and oxygen atoms in total. The molecule has 0 bridgehead atoms. The molecule has 0 amide bonds. The largest absolute Gasteiger partial charge is 0.507 e. The van der Waals surface area contributed by atoms with Crippen molar-refractivity contribution < 1.29 is 56.4 Å². The van der Waals surface area contributed by atoms with Crippen molar-refractivity contribution in [3.8, 4) is 23.0 Å². The van der Waals surface area contributed by atoms with Gasteiger partial charge in [-0.25, -0.2) is 19.2 Å². The minimum Gasteiger partial charge on any atom is -0.507 e. The normalized spacial score (nSPS) is 14.3. The van der Waals surface area contributed by atoms with Crippen molar-refractivity contribution in [1.29, 1.82) is 0 Å². The number of benzene rings is 7. The van der Waals surface area contributed by atoms with Gasteiger partial charge in [0.2, 0.25) is 0 Å². The Morgan fingerprint density at radius 3 is 1.91 bits per heavy atom. The highest BCUT2D eigenvalue weighted by molar-refractivity contribution is 7.85. The Morgan fingerprint density at radius 2 is 1.27 bits per heavy atom. The number of fused-ring (bicyclic) bond motifs is 6. The minimum atomic E-state index is -3.67. The van der Waals surface area contributed by atoms with Gasteiger partial charge in [0.25, 0.3) is 10.1 Å². The van der Waals surface area contributed by atoms with Crippen LogP contribution in [0.5, 0.6) is 23.0 Å². The molecule has 2 heterocycles. The van der Waals surface area contributed by atoms with Crippen LogP contribution in [0, 0.1) is 27.7 Å². The number of ketones is 1. The van der Waals surface area contributed by atoms with Gasteiger partial charge in [-0.3, -0.25) is 9.35 Å². The van der Waals surface area contributed by atoms with Crippen LogP contribution in [0.1, 0.15) is 75.6 Å². The molecule has 10 rings (SSSR count). The molecule has 4 N–H and O–H groups in total. The van der Waals surface area contributed by atoms with E-state index in [0.717, 1.165) is 73.2 Å². The third-order valence-corrected chi connectivity index (χ3v) is 12.9. The molecule has 0 fully saturated rings. The number of nitrogens with zero attached hydrogens (tertiary/aromatic N) is 3. The van der Waals surface area contributed by atoms with Crippen LogP contribution in [0.3, 0.4) is 0 Å². The van der Waals surface area contributed by atoms with E-state index in [9.17, 15) is 27.9 Å². The van der Waals surface area contributed by atoms with E-state index < -0.39 is 27.5 Å². The summed E-state index contributed by atoms with van der Waals surface area (Å²) in [6, 6.07) is 42.7. The fourth-order valence-corrected chi connectivity index (χ4v) is 8.66. The number of nitrogens with one attached hydrogen (secondary N) is 1. The van der Waals surface area contributed by atoms with Crippen LogP contribution < -0.4 is 19.7 Å². The Kier molecular flexibility index (Phi) is 17.3. The summed E-state index contributed by atoms with van der Waals surface area (Å²) in [5.41, 5.74) is 12.1. The number of hydrogen-bond donors (Lipinski definition) is 4. The zero-order valence-corrected chi connectivity index (χ0v) is 45.8. The summed E-state index contributed by atoms with van der Waals surface area (Å²) in [4.78, 5) is 43.2. The van der Waals surface area contributed by atoms with Gasteiger partial charge in [-0.15, -0.1) is 0 Å². The van der Waals surface area contributed by atoms with Crippen LogP contribution in [0.4, 0.5) is 22.7 Å². The molecule has 3 aliphatic rings. The molecule has 1 unspecified atom stereocenters. The van der Waals surface area contributed by atoms with Gasteiger partial charge in [0.1, 0.15) is 37.1 Å². The van der Waals surface area contributed by atoms with Crippen LogP contribution >= 0.6 is 0 Å². The first-order valence-electron chi connectivity index (χ1n) is 24.5. The smallest absolute Gasteiger partial charge is 0.340 e. The number of hydrogen-bond acceptors (Lipinski definition) is 12. The first-order valence-corrected chi connectivity index (χ1v) is 26.4. The number of phenols is 1. The third-order valence-electron chi connectivity index (χ3n) is 12.9. The highest BCUT2D eigenvalue weighted by Gasteiger charge is 2.53. The van der Waals surface area contributed by atoms with Crippen molar-refractivity contribution in [2.75, 3.05) is 51.8 Å². The van der Waals surface area contributed by atoms with Crippen molar-refractivity contribution >= 4 is 62.0 Å². The number of aromatic hydroxyl groups is 1. The Balaban J connectivity index is 0.000000175. The Hall–Kier alpha value is -9.12. The molecule has 1 spiro atoms. The molecule has 0 radical (unpaired) electrons. The lowest BCUT2D eigenvalue weighted by molar-refractivity contribution is -0.462. The van der Waals surface area contributed by atoms with Crippen molar-refractivity contribution in [2.45, 2.75) is 33.3 Å². The maximum Gasteiger partial charge on any atom is 0.340 e. The molecule has 400 valence electrons. The molecule has 1 aliphatic carbocycles. The quantitative estimate of drug-likeness (QED) is 0.0368. The number of rotatable bonds is 8. The van der Waals surface area contributed by atoms with E-state index in [0.29, 0.717) is 23.3 Å². The average molecular weight is 1070 g/mol. The van der Waals surface area contributed by atoms with Crippen molar-refractivity contribution in [1.82, 2.24) is 0 Å². The predicted octanol–water partition coefficient (Wildman–Crippen LogP) is 11.7. The molecule has 78 heavy (non-hydrogen) atoms. The number of esters is 1. The summed E-state index contributed by atoms with van der Waals surface area (Å²) >= 11 is 0. The maximum absolute atomic E-state index is 13.0. The summed E-state index contributed by atoms with van der Waals surface area (Å²) in [6.45, 7) is 7.78. The molecule has 0 saturated carbocycles. The number of phenolic OH excluding ortho intramolecular Hbond substituents is 1. The Morgan fingerprint density at radius 1 is 0.679 bits per heavy atom. The van der Waals surface area contributed by atoms with E-state index >= 15 is 0 Å². The van der Waals surface area contributed by atoms with E-state index in [4.69, 9.17) is 23.9 Å². The number of carbonyl (C=O) groups excluding carboxylic acids is 2. The van der Waals surface area contributed by atoms with E-state index in [1.54, 1.807) is 25.3 Å². The van der Waals surface area contributed by atoms with Gasteiger partial charge < -0.3 is 34.6 Å². The van der Waals surface area contributed by atoms with Gasteiger partial charge in [0.05, 0.1) is 41.5 Å². The number of anilines is 3. The second-order valence-corrected chi connectivity index (χ2v) is 20.5. The second kappa shape index (κ2) is 23.8. The summed E-state index contributed by atoms with van der Waals surface area (Å²) < 4.78 is 45.8. The Labute approximate surface area is 454 Å². The summed E-state index contributed by atoms with van der Waals surface area (Å²) in [7, 11) is 6.08. The first kappa shape index (κ1) is 56.6. The number of aryl methyl sites for hydroxylation is 4. The number of aromatic carboxylic acids is 1. The topological polar surface area (TPSA) is 204 Å². The molecule has 2 aliphatic heterocycles. The number of ether oxygens (including phenoxy) is 3. The van der Waals surface area contributed by atoms with Crippen LogP contribution in [0.15, 0.2) is 169 Å². The summed E-state index contributed by atoms with van der Waals surface area (Å²) in [5.74, 6) is 0.0684. The number of methoxy groups -OCH3 is 1. The van der Waals surface area contributed by atoms with Crippen LogP contribution in [0.2, 0.25) is 0 Å². The van der Waals surface area contributed by atoms with Crippen molar-refractivity contribution in [3.63, 3.8) is 0 Å². The molecule has 0 aromatic heterocycles. The fourth-order valence-electron chi connectivity index (χ4n) is 8.66. The monoisotopic (exact) mass is 1070 g/mol. The molecule has 0 saturated heterocycles. The van der Waals surface area contributed by atoms with Crippen molar-refractivity contribution in [2.24, 2.45) is 4.99 Å². The van der Waals surface area contributed by atoms with Gasteiger partial charge in [0.15, 0.2) is 17.1 Å². The van der Waals surface area contributed by atoms with Gasteiger partial charge in [-0.05, 0) is 147 Å². The molecular weight excluding hydrogens is 1010 g/mol. The zero-order valence-electron chi connectivity index (χ0n) is 44.9. The number of carboxylic acids is 1. The fraction of sp³-hybridized carbons (Fsp3) is 0.177. The first-order chi connectivity index (χ1) is 37.0. The summed E-state index contributed by atoms with van der Waals surface area (Å²) in [6.07, 6.45) is 8.84. The number of carbonyl (C=O) groups is 3. The number of allylic oxidation sites excluding steroid dienone is 4. The molecule has 7 aromatic rings. The predicted molar refractivity (Wildman–Crippen MR) is 306 cm³/mol. The second-order valence-electron chi connectivity index (χ2n) is 19.0. The van der Waals surface area contributed by atoms with Crippen LogP contribution in [0.25, 0.3) is 0 Å². The zero-order chi connectivity index (χ0) is 56.6. The van der Waals surface area contributed by atoms with E-state index in [1.807, 2.05) is 139 Å². The Bertz CT molecular complexity index is 3680. The van der Waals surface area contributed by atoms with Gasteiger partial charge >= 0.3 is 11.9 Å². The SMILES string of the molecule is COc1cccc(N=C2C=CC(=[N+](C)C)C=C2)c1.CS(=O)(=O)O.Cc1cc(O)c(C(=O)c2ccccc2C(=O)O)cc1C.Cc1cc2c(cc1C)C1(OC(=O)c3ccccc31)c1ccc(Nc3ccc(N(C)C)cc3)cc1O2. The maximum atomic E-state index is 13.0. The van der Waals surface area contributed by atoms with Crippen LogP contribution in [-0.4, -0.2) is 98.5 Å². The van der Waals surface area contributed by atoms with Gasteiger partial charge in [-0.1, -0.05) is 42.5 Å². The molecule has 7 aromatic carbocycles. The minimum absolute atomic E-state index is 0.0681. The van der Waals surface area contributed by atoms with Gasteiger partial charge in [-0.2, -0.15) is 8.42 Å². The number of aliphatic imine (C=N–C) groups is 1. The van der Waals surface area contributed by atoms with Gasteiger partial charge in [0, 0.05) is 77.7 Å². The molecular formula is C62H61N4O11S+. The average Bonchev–Trinajstić information content (AvgIpc) is 3.79. The molecule has 1 atom stereocenters. The van der Waals surface area contributed by atoms with Crippen molar-refractivity contribution in [3.05, 3.63) is 225 Å². The molecule has 16 heteroatoms. The summed E-state index contributed by atoms with van der Waals surface area (Å²) in [5, 5.41) is 22.5. The standard InChI is InChI=1S/C30H26N2O3.C16H14O4.C15H17N2O.CH4O3S/c1-18-15-26-27(16-19(18)2)34-28-17-21(31-20-9-12-22(13-10-20)32(3)4)11-14-25(28)30(26)24-8-6-5-7-23(24)29(33)35-30;1-9-7-13(14(17)8-10(9)2)15(18)11-5-3-4-6-12(11)16(19)20;1-17(2)14-9-7-12(8-10-14)16-13-5-4-6-15(11-13)18-3;1-5(2,3)4/h5-17,31H,1-4H3;3-8,17H,1-2H3,(H,19,20);4-11H,1-3H3;1H3,(H,2,3,4)/q;;+1;. The third kappa shape index (κ3) is 13.1. The highest BCUT2D eigenvalue weighted by Crippen LogP contribution is 2.57. The highest BCUT2D eigenvalue weighted by atomic mass is 32.2. The van der Waals surface area contributed by atoms with Crippen LogP contribution in [-0.2, 0) is 20.5 Å². The van der Waals surface area contributed by atoms with E-state index in [2.05, 4.69) is 64.0 Å². The lowest BCUT2D eigenvalue weighted by atomic mass is 9.77. The van der Waals surface area contributed by atoms with E-state index in [-0.39, 0.29) is 28.4 Å². The lowest BCUT2D eigenvalue weighted by Gasteiger charge is -2.37. The number of carboxylic acid groups (broad SMARTS) is 1.